The van der Waals surface area contributed by atoms with Crippen molar-refractivity contribution in [1.29, 1.82) is 0 Å². The lowest BCUT2D eigenvalue weighted by Crippen LogP contribution is -2.23. The van der Waals surface area contributed by atoms with E-state index < -0.39 is 18.7 Å². The number of alkyl halides is 3. The maximum Gasteiger partial charge on any atom is 0.422 e. The predicted octanol–water partition coefficient (Wildman–Crippen LogP) is 4.26. The van der Waals surface area contributed by atoms with Crippen molar-refractivity contribution in [2.45, 2.75) is 12.7 Å². The lowest BCUT2D eigenvalue weighted by molar-refractivity contribution is -0.154. The van der Waals surface area contributed by atoms with Gasteiger partial charge in [0, 0.05) is 28.9 Å². The van der Waals surface area contributed by atoms with Gasteiger partial charge in [-0.1, -0.05) is 29.3 Å². The Balaban J connectivity index is 1.92. The average molecular weight is 379 g/mol. The average Bonchev–Trinajstić information content (AvgIpc) is 2.51. The molecule has 24 heavy (non-hydrogen) atoms. The van der Waals surface area contributed by atoms with Gasteiger partial charge in [0.15, 0.2) is 6.61 Å². The minimum Gasteiger partial charge on any atom is -0.468 e. The summed E-state index contributed by atoms with van der Waals surface area (Å²) in [4.78, 5) is 15.6. The fraction of sp³-hybridized carbons (Fsp3) is 0.200. The number of nitrogens with zero attached hydrogens (tertiary/aromatic N) is 1. The molecule has 128 valence electrons. The quantitative estimate of drug-likeness (QED) is 0.845. The summed E-state index contributed by atoms with van der Waals surface area (Å²) in [7, 11) is 0. The number of halogens is 5. The highest BCUT2D eigenvalue weighted by atomic mass is 35.5. The normalized spacial score (nSPS) is 11.2. The number of benzene rings is 1. The van der Waals surface area contributed by atoms with Crippen molar-refractivity contribution in [3.05, 3.63) is 57.7 Å². The molecule has 0 spiro atoms. The zero-order valence-corrected chi connectivity index (χ0v) is 13.5. The van der Waals surface area contributed by atoms with Crippen molar-refractivity contribution >= 4 is 29.1 Å². The molecule has 0 aliphatic carbocycles. The van der Waals surface area contributed by atoms with Crippen LogP contribution in [0.1, 0.15) is 15.9 Å². The highest BCUT2D eigenvalue weighted by Gasteiger charge is 2.28. The third kappa shape index (κ3) is 5.58. The minimum atomic E-state index is -4.45. The topological polar surface area (TPSA) is 51.2 Å². The van der Waals surface area contributed by atoms with Crippen molar-refractivity contribution in [3.8, 4) is 5.88 Å². The number of amides is 1. The molecule has 2 aromatic rings. The molecular formula is C15H11Cl2F3N2O2. The first-order valence-corrected chi connectivity index (χ1v) is 7.38. The van der Waals surface area contributed by atoms with E-state index in [1.807, 2.05) is 0 Å². The first-order valence-electron chi connectivity index (χ1n) is 6.62. The lowest BCUT2D eigenvalue weighted by atomic mass is 10.2. The largest absolute Gasteiger partial charge is 0.468 e. The molecular weight excluding hydrogens is 368 g/mol. The predicted molar refractivity (Wildman–Crippen MR) is 83.4 cm³/mol. The van der Waals surface area contributed by atoms with E-state index in [2.05, 4.69) is 15.0 Å². The molecule has 0 fully saturated rings. The second-order valence-corrected chi connectivity index (χ2v) is 5.55. The summed E-state index contributed by atoms with van der Waals surface area (Å²) in [6.07, 6.45) is -3.32. The number of carbonyl (C=O) groups excluding carboxylic acids is 1. The van der Waals surface area contributed by atoms with Crippen LogP contribution in [0.3, 0.4) is 0 Å². The van der Waals surface area contributed by atoms with Crippen molar-refractivity contribution in [2.24, 2.45) is 0 Å². The Hall–Kier alpha value is -1.99. The maximum atomic E-state index is 12.0. The van der Waals surface area contributed by atoms with Gasteiger partial charge in [-0.05, 0) is 23.8 Å². The van der Waals surface area contributed by atoms with Crippen LogP contribution in [-0.4, -0.2) is 23.7 Å². The van der Waals surface area contributed by atoms with Crippen LogP contribution in [0, 0.1) is 0 Å². The molecule has 2 rings (SSSR count). The zero-order chi connectivity index (χ0) is 17.7. The molecule has 1 aromatic heterocycles. The van der Waals surface area contributed by atoms with E-state index >= 15 is 0 Å². The van der Waals surface area contributed by atoms with Gasteiger partial charge in [0.05, 0.1) is 5.56 Å². The Morgan fingerprint density at radius 1 is 1.21 bits per heavy atom. The molecule has 0 saturated carbocycles. The molecule has 1 N–H and O–H groups in total. The smallest absolute Gasteiger partial charge is 0.422 e. The third-order valence-electron chi connectivity index (χ3n) is 2.84. The Morgan fingerprint density at radius 3 is 2.54 bits per heavy atom. The number of carbonyl (C=O) groups is 1. The molecule has 0 unspecified atom stereocenters. The van der Waals surface area contributed by atoms with Gasteiger partial charge < -0.3 is 10.1 Å². The number of nitrogens with one attached hydrogen (secondary N) is 1. The van der Waals surface area contributed by atoms with Gasteiger partial charge in [-0.25, -0.2) is 4.98 Å². The molecule has 1 amide bonds. The number of aromatic nitrogens is 1. The van der Waals surface area contributed by atoms with Crippen molar-refractivity contribution in [1.82, 2.24) is 10.3 Å². The summed E-state index contributed by atoms with van der Waals surface area (Å²) in [5, 5.41) is 3.52. The van der Waals surface area contributed by atoms with Crippen LogP contribution >= 0.6 is 23.2 Å². The van der Waals surface area contributed by atoms with E-state index in [1.54, 1.807) is 18.2 Å². The SMILES string of the molecule is O=C(NCc1ccc(Cl)cc1Cl)c1ccc(OCC(F)(F)F)nc1. The van der Waals surface area contributed by atoms with Crippen LogP contribution in [0.2, 0.25) is 10.0 Å². The molecule has 4 nitrogen and oxygen atoms in total. The second-order valence-electron chi connectivity index (χ2n) is 4.71. The summed E-state index contributed by atoms with van der Waals surface area (Å²) in [5.74, 6) is -0.666. The summed E-state index contributed by atoms with van der Waals surface area (Å²) < 4.78 is 40.6. The number of ether oxygens (including phenoxy) is 1. The van der Waals surface area contributed by atoms with Crippen LogP contribution in [0.4, 0.5) is 13.2 Å². The van der Waals surface area contributed by atoms with E-state index in [0.29, 0.717) is 15.6 Å². The monoisotopic (exact) mass is 378 g/mol. The number of pyridine rings is 1. The van der Waals surface area contributed by atoms with E-state index in [0.717, 1.165) is 6.20 Å². The molecule has 0 saturated heterocycles. The van der Waals surface area contributed by atoms with Crippen LogP contribution in [-0.2, 0) is 6.54 Å². The summed E-state index contributed by atoms with van der Waals surface area (Å²) in [6, 6.07) is 7.38. The van der Waals surface area contributed by atoms with Gasteiger partial charge in [0.2, 0.25) is 5.88 Å². The Morgan fingerprint density at radius 2 is 1.96 bits per heavy atom. The minimum absolute atomic E-state index is 0.168. The molecule has 9 heteroatoms. The van der Waals surface area contributed by atoms with Crippen LogP contribution in [0.15, 0.2) is 36.5 Å². The number of rotatable bonds is 5. The van der Waals surface area contributed by atoms with Crippen LogP contribution in [0.25, 0.3) is 0 Å². The molecule has 0 radical (unpaired) electrons. The molecule has 1 aromatic carbocycles. The van der Waals surface area contributed by atoms with E-state index in [9.17, 15) is 18.0 Å². The van der Waals surface area contributed by atoms with Crippen LogP contribution < -0.4 is 10.1 Å². The highest BCUT2D eigenvalue weighted by Crippen LogP contribution is 2.21. The van der Waals surface area contributed by atoms with Gasteiger partial charge in [-0.15, -0.1) is 0 Å². The number of hydrogen-bond acceptors (Lipinski definition) is 3. The van der Waals surface area contributed by atoms with Crippen molar-refractivity contribution in [2.75, 3.05) is 6.61 Å². The maximum absolute atomic E-state index is 12.0. The van der Waals surface area contributed by atoms with Gasteiger partial charge in [0.1, 0.15) is 0 Å². The summed E-state index contributed by atoms with van der Waals surface area (Å²) in [5.41, 5.74) is 0.854. The molecule has 0 bridgehead atoms. The fourth-order valence-corrected chi connectivity index (χ4v) is 2.17. The summed E-state index contributed by atoms with van der Waals surface area (Å²) >= 11 is 11.8. The van der Waals surface area contributed by atoms with Gasteiger partial charge in [0.25, 0.3) is 5.91 Å². The highest BCUT2D eigenvalue weighted by molar-refractivity contribution is 6.35. The van der Waals surface area contributed by atoms with Gasteiger partial charge >= 0.3 is 6.18 Å². The third-order valence-corrected chi connectivity index (χ3v) is 3.42. The van der Waals surface area contributed by atoms with Crippen molar-refractivity contribution < 1.29 is 22.7 Å². The van der Waals surface area contributed by atoms with Gasteiger partial charge in [-0.3, -0.25) is 4.79 Å². The standard InChI is InChI=1S/C15H11Cl2F3N2O2/c16-11-3-1-9(12(17)5-11)6-22-14(23)10-2-4-13(21-7-10)24-8-15(18,19)20/h1-5,7H,6,8H2,(H,22,23). The number of hydrogen-bond donors (Lipinski definition) is 1. The Kier molecular flexibility index (Phi) is 5.90. The first kappa shape index (κ1) is 18.4. The summed E-state index contributed by atoms with van der Waals surface area (Å²) in [6.45, 7) is -1.28. The Labute approximate surface area is 145 Å². The molecule has 0 aliphatic rings. The van der Waals surface area contributed by atoms with Gasteiger partial charge in [-0.2, -0.15) is 13.2 Å². The van der Waals surface area contributed by atoms with E-state index in [4.69, 9.17) is 23.2 Å². The second kappa shape index (κ2) is 7.72. The lowest BCUT2D eigenvalue weighted by Gasteiger charge is -2.09. The molecule has 0 aliphatic heterocycles. The van der Waals surface area contributed by atoms with Crippen LogP contribution in [0.5, 0.6) is 5.88 Å². The molecule has 0 atom stereocenters. The molecule has 1 heterocycles. The van der Waals surface area contributed by atoms with E-state index in [-0.39, 0.29) is 18.0 Å². The first-order chi connectivity index (χ1) is 11.2. The Bertz CT molecular complexity index is 722. The van der Waals surface area contributed by atoms with E-state index in [1.165, 1.54) is 12.1 Å². The fourth-order valence-electron chi connectivity index (χ4n) is 1.70. The van der Waals surface area contributed by atoms with Crippen molar-refractivity contribution in [3.63, 3.8) is 0 Å². The zero-order valence-electron chi connectivity index (χ0n) is 12.0.